The molecule has 0 aliphatic carbocycles. The molecule has 0 saturated heterocycles. The Balaban J connectivity index is 1.60. The molecule has 1 unspecified atom stereocenters. The second kappa shape index (κ2) is 7.15. The molecule has 1 aromatic heterocycles. The van der Waals surface area contributed by atoms with Crippen LogP contribution in [0.5, 0.6) is 5.75 Å². The van der Waals surface area contributed by atoms with Crippen LogP contribution in [-0.2, 0) is 11.4 Å². The fourth-order valence-corrected chi connectivity index (χ4v) is 3.32. The predicted octanol–water partition coefficient (Wildman–Crippen LogP) is 2.33. The van der Waals surface area contributed by atoms with Crippen molar-refractivity contribution in [3.05, 3.63) is 76.5 Å². The van der Waals surface area contributed by atoms with Gasteiger partial charge in [-0.15, -0.1) is 0 Å². The Hall–Kier alpha value is -3.68. The van der Waals surface area contributed by atoms with Crippen molar-refractivity contribution in [1.29, 1.82) is 0 Å². The smallest absolute Gasteiger partial charge is 0.248 e. The zero-order chi connectivity index (χ0) is 19.7. The van der Waals surface area contributed by atoms with Crippen LogP contribution in [0, 0.1) is 6.92 Å². The van der Waals surface area contributed by atoms with Crippen molar-refractivity contribution in [2.45, 2.75) is 26.5 Å². The Morgan fingerprint density at radius 1 is 1.18 bits per heavy atom. The van der Waals surface area contributed by atoms with Crippen LogP contribution < -0.4 is 15.8 Å². The van der Waals surface area contributed by atoms with Gasteiger partial charge in [0.25, 0.3) is 0 Å². The lowest BCUT2D eigenvalue weighted by molar-refractivity contribution is -0.115. The van der Waals surface area contributed by atoms with E-state index < -0.39 is 11.9 Å². The van der Waals surface area contributed by atoms with Gasteiger partial charge >= 0.3 is 0 Å². The summed E-state index contributed by atoms with van der Waals surface area (Å²) in [5.41, 5.74) is 9.85. The van der Waals surface area contributed by atoms with Gasteiger partial charge < -0.3 is 15.8 Å². The molecule has 0 saturated carbocycles. The van der Waals surface area contributed by atoms with Gasteiger partial charge in [-0.1, -0.05) is 41.5 Å². The Bertz CT molecular complexity index is 1050. The number of aryl methyl sites for hydroxylation is 1. The van der Waals surface area contributed by atoms with Gasteiger partial charge in [-0.25, -0.2) is 0 Å². The summed E-state index contributed by atoms with van der Waals surface area (Å²) in [7, 11) is 0. The van der Waals surface area contributed by atoms with E-state index in [4.69, 9.17) is 10.5 Å². The third-order valence-electron chi connectivity index (χ3n) is 4.83. The first-order chi connectivity index (χ1) is 13.5. The van der Waals surface area contributed by atoms with Crippen LogP contribution in [0.2, 0.25) is 0 Å². The van der Waals surface area contributed by atoms with Gasteiger partial charge in [0.05, 0.1) is 5.57 Å². The number of hydrogen-bond acceptors (Lipinski definition) is 6. The Morgan fingerprint density at radius 3 is 2.64 bits per heavy atom. The summed E-state index contributed by atoms with van der Waals surface area (Å²) in [6, 6.07) is 15.1. The number of aromatic nitrogens is 4. The highest BCUT2D eigenvalue weighted by molar-refractivity contribution is 5.95. The average molecular weight is 376 g/mol. The summed E-state index contributed by atoms with van der Waals surface area (Å²) in [6.45, 7) is 4.33. The molecule has 2 heterocycles. The molecule has 8 nitrogen and oxygen atoms in total. The van der Waals surface area contributed by atoms with E-state index in [1.807, 2.05) is 42.5 Å². The molecule has 0 fully saturated rings. The SMILES string of the molecule is CC1=C(C(N)=O)C(c2ccc(OCc3ccccc3C)cc2)n2nnnc2N1. The number of nitrogens with one attached hydrogen (secondary N) is 1. The van der Waals surface area contributed by atoms with E-state index in [1.165, 1.54) is 5.56 Å². The molecule has 8 heteroatoms. The maximum atomic E-state index is 12.1. The summed E-state index contributed by atoms with van der Waals surface area (Å²) in [6.07, 6.45) is 0. The van der Waals surface area contributed by atoms with Crippen LogP contribution in [0.4, 0.5) is 5.95 Å². The molecule has 3 aromatic rings. The molecule has 1 atom stereocenters. The highest BCUT2D eigenvalue weighted by Gasteiger charge is 2.32. The second-order valence-electron chi connectivity index (χ2n) is 6.66. The van der Waals surface area contributed by atoms with E-state index in [1.54, 1.807) is 11.6 Å². The zero-order valence-electron chi connectivity index (χ0n) is 15.6. The van der Waals surface area contributed by atoms with Crippen LogP contribution in [0.3, 0.4) is 0 Å². The number of tetrazole rings is 1. The molecule has 0 bridgehead atoms. The summed E-state index contributed by atoms with van der Waals surface area (Å²) in [5, 5.41) is 14.7. The van der Waals surface area contributed by atoms with Crippen LogP contribution >= 0.6 is 0 Å². The third-order valence-corrected chi connectivity index (χ3v) is 4.83. The van der Waals surface area contributed by atoms with E-state index in [0.29, 0.717) is 23.8 Å². The van der Waals surface area contributed by atoms with Gasteiger partial charge in [0.15, 0.2) is 0 Å². The van der Waals surface area contributed by atoms with Gasteiger partial charge in [-0.2, -0.15) is 4.68 Å². The van der Waals surface area contributed by atoms with E-state index in [0.717, 1.165) is 16.9 Å². The molecular weight excluding hydrogens is 356 g/mol. The number of fused-ring (bicyclic) bond motifs is 1. The number of carbonyl (C=O) groups is 1. The van der Waals surface area contributed by atoms with Gasteiger partial charge in [-0.3, -0.25) is 4.79 Å². The monoisotopic (exact) mass is 376 g/mol. The maximum Gasteiger partial charge on any atom is 0.248 e. The zero-order valence-corrected chi connectivity index (χ0v) is 15.6. The minimum Gasteiger partial charge on any atom is -0.489 e. The van der Waals surface area contributed by atoms with Crippen molar-refractivity contribution in [3.8, 4) is 5.75 Å². The number of amides is 1. The topological polar surface area (TPSA) is 108 Å². The van der Waals surface area contributed by atoms with Crippen LogP contribution in [0.25, 0.3) is 0 Å². The summed E-state index contributed by atoms with van der Waals surface area (Å²) >= 11 is 0. The quantitative estimate of drug-likeness (QED) is 0.708. The summed E-state index contributed by atoms with van der Waals surface area (Å²) in [4.78, 5) is 12.1. The molecule has 28 heavy (non-hydrogen) atoms. The first-order valence-corrected chi connectivity index (χ1v) is 8.87. The number of primary amides is 1. The van der Waals surface area contributed by atoms with Gasteiger partial charge in [-0.05, 0) is 53.1 Å². The van der Waals surface area contributed by atoms with Gasteiger partial charge in [0, 0.05) is 5.70 Å². The molecule has 1 aliphatic heterocycles. The third kappa shape index (κ3) is 3.20. The second-order valence-corrected chi connectivity index (χ2v) is 6.66. The molecule has 4 rings (SSSR count). The van der Waals surface area contributed by atoms with Gasteiger partial charge in [0.2, 0.25) is 11.9 Å². The number of carbonyl (C=O) groups excluding carboxylic acids is 1. The van der Waals surface area contributed by atoms with Crippen LogP contribution in [0.1, 0.15) is 29.7 Å². The molecule has 0 spiro atoms. The number of nitrogens with two attached hydrogens (primary N) is 1. The number of rotatable bonds is 5. The molecular formula is C20H20N6O2. The Labute approximate surface area is 162 Å². The molecule has 1 amide bonds. The number of anilines is 1. The number of benzene rings is 2. The molecule has 1 aliphatic rings. The summed E-state index contributed by atoms with van der Waals surface area (Å²) < 4.78 is 7.45. The number of nitrogens with zero attached hydrogens (tertiary/aromatic N) is 4. The van der Waals surface area contributed by atoms with E-state index >= 15 is 0 Å². The van der Waals surface area contributed by atoms with Crippen molar-refractivity contribution >= 4 is 11.9 Å². The largest absolute Gasteiger partial charge is 0.489 e. The van der Waals surface area contributed by atoms with Gasteiger partial charge in [0.1, 0.15) is 18.4 Å². The standard InChI is InChI=1S/C20H20N6O2/c1-12-5-3-4-6-15(12)11-28-16-9-7-14(8-10-16)18-17(19(21)27)13(2)22-20-23-24-25-26(18)20/h3-10,18H,11H2,1-2H3,(H2,21,27)(H,22,23,25). The lowest BCUT2D eigenvalue weighted by Gasteiger charge is -2.26. The minimum atomic E-state index is -0.518. The highest BCUT2D eigenvalue weighted by Crippen LogP contribution is 2.34. The van der Waals surface area contributed by atoms with Crippen LogP contribution in [-0.4, -0.2) is 26.1 Å². The number of hydrogen-bond donors (Lipinski definition) is 2. The first-order valence-electron chi connectivity index (χ1n) is 8.87. The Morgan fingerprint density at radius 2 is 1.93 bits per heavy atom. The molecule has 142 valence electrons. The maximum absolute atomic E-state index is 12.1. The normalized spacial score (nSPS) is 15.7. The summed E-state index contributed by atoms with van der Waals surface area (Å²) in [5.74, 6) is 0.683. The highest BCUT2D eigenvalue weighted by atomic mass is 16.5. The predicted molar refractivity (Wildman–Crippen MR) is 103 cm³/mol. The van der Waals surface area contributed by atoms with Crippen molar-refractivity contribution in [3.63, 3.8) is 0 Å². The van der Waals surface area contributed by atoms with Crippen molar-refractivity contribution in [2.24, 2.45) is 5.73 Å². The molecule has 2 aromatic carbocycles. The van der Waals surface area contributed by atoms with Crippen molar-refractivity contribution in [2.75, 3.05) is 5.32 Å². The van der Waals surface area contributed by atoms with E-state index in [9.17, 15) is 4.79 Å². The Kier molecular flexibility index (Phi) is 4.52. The average Bonchev–Trinajstić information content (AvgIpc) is 3.14. The lowest BCUT2D eigenvalue weighted by Crippen LogP contribution is -2.31. The van der Waals surface area contributed by atoms with Crippen molar-refractivity contribution < 1.29 is 9.53 Å². The minimum absolute atomic E-state index is 0.424. The lowest BCUT2D eigenvalue weighted by atomic mass is 9.95. The van der Waals surface area contributed by atoms with Crippen LogP contribution in [0.15, 0.2) is 59.8 Å². The van der Waals surface area contributed by atoms with E-state index in [2.05, 4.69) is 33.8 Å². The fourth-order valence-electron chi connectivity index (χ4n) is 3.32. The van der Waals surface area contributed by atoms with E-state index in [-0.39, 0.29) is 0 Å². The first kappa shape index (κ1) is 17.7. The fraction of sp³-hybridized carbons (Fsp3) is 0.200. The van der Waals surface area contributed by atoms with Crippen molar-refractivity contribution in [1.82, 2.24) is 20.2 Å². The number of ether oxygens (including phenoxy) is 1. The molecule has 0 radical (unpaired) electrons. The molecule has 3 N–H and O–H groups in total. The number of allylic oxidation sites excluding steroid dienone is 1.